The van der Waals surface area contributed by atoms with Gasteiger partial charge in [-0.1, -0.05) is 148 Å². The third-order valence-electron chi connectivity index (χ3n) is 12.7. The molecular weight excluding hydrogens is 719 g/mol. The van der Waals surface area contributed by atoms with Crippen molar-refractivity contribution >= 4 is 11.9 Å². The maximum absolute atomic E-state index is 13.3. The average Bonchev–Trinajstić information content (AvgIpc) is 3.15. The maximum Gasteiger partial charge on any atom is 0.311 e. The summed E-state index contributed by atoms with van der Waals surface area (Å²) in [4.78, 5) is 26.0. The van der Waals surface area contributed by atoms with Crippen molar-refractivity contribution in [2.75, 3.05) is 26.8 Å². The van der Waals surface area contributed by atoms with Crippen LogP contribution in [-0.4, -0.2) is 44.8 Å². The number of cyclic esters (lactones) is 1. The van der Waals surface area contributed by atoms with Gasteiger partial charge < -0.3 is 19.5 Å². The number of esters is 2. The number of rotatable bonds is 6. The van der Waals surface area contributed by atoms with Gasteiger partial charge in [0.05, 0.1) is 30.8 Å². The molecule has 1 rings (SSSR count). The molecule has 1 unspecified atom stereocenters. The molecule has 0 aromatic rings. The Hall–Kier alpha value is -2.08. The van der Waals surface area contributed by atoms with Crippen LogP contribution in [0.3, 0.4) is 0 Å². The third-order valence-corrected chi connectivity index (χ3v) is 12.7. The van der Waals surface area contributed by atoms with E-state index in [-0.39, 0.29) is 28.9 Å². The van der Waals surface area contributed by atoms with Crippen LogP contribution < -0.4 is 5.32 Å². The number of carbonyl (C=O) groups excluding carboxylic acids is 2. The Balaban J connectivity index is 2.56. The SMILES string of the molecule is C=C1CC(C)(C)C(=O)OCCCCCCC/C=C\CCCCCCCCC(OC(=O)CC(C)(C)C(C)(C)CNC)CCCCCCCC/C=C\CCCCCCCO1. The molecule has 338 valence electrons. The van der Waals surface area contributed by atoms with Gasteiger partial charge in [0.15, 0.2) is 0 Å². The minimum Gasteiger partial charge on any atom is -0.499 e. The highest BCUT2D eigenvalue weighted by atomic mass is 16.5. The molecule has 1 heterocycles. The average molecular weight is 814 g/mol. The van der Waals surface area contributed by atoms with Crippen molar-refractivity contribution < 1.29 is 23.8 Å². The van der Waals surface area contributed by atoms with Crippen molar-refractivity contribution in [1.82, 2.24) is 5.32 Å². The predicted octanol–water partition coefficient (Wildman–Crippen LogP) is 15.1. The van der Waals surface area contributed by atoms with E-state index in [2.05, 4.69) is 63.9 Å². The van der Waals surface area contributed by atoms with E-state index in [9.17, 15) is 9.59 Å². The van der Waals surface area contributed by atoms with Gasteiger partial charge in [0.25, 0.3) is 0 Å². The summed E-state index contributed by atoms with van der Waals surface area (Å²) in [5, 5.41) is 3.31. The zero-order valence-electron chi connectivity index (χ0n) is 39.5. The van der Waals surface area contributed by atoms with Gasteiger partial charge >= 0.3 is 11.9 Å². The lowest BCUT2D eigenvalue weighted by molar-refractivity contribution is -0.155. The number of ether oxygens (including phenoxy) is 3. The monoisotopic (exact) mass is 814 g/mol. The van der Waals surface area contributed by atoms with Crippen LogP contribution in [0, 0.1) is 16.2 Å². The molecule has 0 aromatic heterocycles. The number of nitrogens with one attached hydrogen (secondary N) is 1. The van der Waals surface area contributed by atoms with Gasteiger partial charge in [0.2, 0.25) is 0 Å². The molecule has 0 saturated heterocycles. The highest BCUT2D eigenvalue weighted by molar-refractivity contribution is 5.76. The minimum absolute atomic E-state index is 0.00258. The highest BCUT2D eigenvalue weighted by Gasteiger charge is 2.39. The van der Waals surface area contributed by atoms with Gasteiger partial charge in [-0.2, -0.15) is 0 Å². The van der Waals surface area contributed by atoms with Crippen LogP contribution >= 0.6 is 0 Å². The summed E-state index contributed by atoms with van der Waals surface area (Å²) < 4.78 is 17.8. The molecule has 0 radical (unpaired) electrons. The first-order chi connectivity index (χ1) is 27.8. The van der Waals surface area contributed by atoms with Crippen molar-refractivity contribution in [3.63, 3.8) is 0 Å². The molecule has 0 saturated carbocycles. The summed E-state index contributed by atoms with van der Waals surface area (Å²) in [6.45, 7) is 18.9. The van der Waals surface area contributed by atoms with Gasteiger partial charge in [-0.05, 0) is 122 Å². The Kier molecular flexibility index (Phi) is 31.3. The van der Waals surface area contributed by atoms with E-state index in [0.717, 1.165) is 57.9 Å². The standard InChI is InChI=1S/C52H95NO5/c1-46-43-50(2,3)49(55)57-42-38-34-30-26-22-18-14-10-12-16-20-24-28-32-36-40-47(58-48(54)44-51(4,5)52(6,7)45-53-8)39-35-31-27-23-19-15-11-9-13-17-21-25-29-33-37-41-56-46/h9-10,13-14,47,53H,1,11-12,15-45H2,2-8H3/b13-9-,14-10-. The molecular formula is C52H95NO5. The van der Waals surface area contributed by atoms with Crippen LogP contribution in [0.5, 0.6) is 0 Å². The molecule has 6 nitrogen and oxygen atoms in total. The van der Waals surface area contributed by atoms with Crippen molar-refractivity contribution in [2.24, 2.45) is 16.2 Å². The van der Waals surface area contributed by atoms with E-state index < -0.39 is 5.41 Å². The molecule has 0 spiro atoms. The van der Waals surface area contributed by atoms with E-state index in [0.29, 0.717) is 31.8 Å². The van der Waals surface area contributed by atoms with Gasteiger partial charge in [-0.15, -0.1) is 0 Å². The fourth-order valence-corrected chi connectivity index (χ4v) is 7.91. The van der Waals surface area contributed by atoms with E-state index in [1.807, 2.05) is 20.9 Å². The van der Waals surface area contributed by atoms with E-state index in [4.69, 9.17) is 14.2 Å². The molecule has 0 amide bonds. The number of allylic oxidation sites excluding steroid dienone is 5. The predicted molar refractivity (Wildman–Crippen MR) is 248 cm³/mol. The molecule has 1 aliphatic rings. The van der Waals surface area contributed by atoms with Crippen LogP contribution in [0.4, 0.5) is 0 Å². The molecule has 1 atom stereocenters. The Morgan fingerprint density at radius 2 is 1.02 bits per heavy atom. The van der Waals surface area contributed by atoms with Gasteiger partial charge in [0.1, 0.15) is 6.10 Å². The molecule has 0 aliphatic carbocycles. The summed E-state index contributed by atoms with van der Waals surface area (Å²) in [5.74, 6) is 0.511. The molecule has 1 aliphatic heterocycles. The molecule has 0 fully saturated rings. The Bertz CT molecular complexity index is 1110. The first-order valence-electron chi connectivity index (χ1n) is 24.4. The first kappa shape index (κ1) is 53.9. The molecule has 0 aromatic carbocycles. The lowest BCUT2D eigenvalue weighted by atomic mass is 9.66. The largest absolute Gasteiger partial charge is 0.499 e. The lowest BCUT2D eigenvalue weighted by Crippen LogP contribution is -2.42. The normalized spacial score (nSPS) is 23.5. The smallest absolute Gasteiger partial charge is 0.311 e. The fraction of sp³-hybridized carbons (Fsp3) is 0.846. The van der Waals surface area contributed by atoms with E-state index in [1.54, 1.807) is 0 Å². The highest BCUT2D eigenvalue weighted by Crippen LogP contribution is 2.41. The van der Waals surface area contributed by atoms with Crippen LogP contribution in [0.15, 0.2) is 36.6 Å². The first-order valence-corrected chi connectivity index (χ1v) is 24.4. The Labute approximate surface area is 359 Å². The zero-order valence-corrected chi connectivity index (χ0v) is 39.5. The second kappa shape index (κ2) is 33.6. The summed E-state index contributed by atoms with van der Waals surface area (Å²) in [6.07, 6.45) is 43.8. The van der Waals surface area contributed by atoms with Crippen molar-refractivity contribution in [2.45, 2.75) is 240 Å². The minimum atomic E-state index is -0.617. The van der Waals surface area contributed by atoms with Crippen molar-refractivity contribution in [1.29, 1.82) is 0 Å². The molecule has 6 heteroatoms. The third kappa shape index (κ3) is 28.4. The number of hydrogen-bond donors (Lipinski definition) is 1. The van der Waals surface area contributed by atoms with Crippen LogP contribution in [0.25, 0.3) is 0 Å². The van der Waals surface area contributed by atoms with Gasteiger partial charge in [-0.25, -0.2) is 0 Å². The van der Waals surface area contributed by atoms with E-state index in [1.165, 1.54) is 128 Å². The second-order valence-electron chi connectivity index (χ2n) is 19.6. The van der Waals surface area contributed by atoms with Crippen molar-refractivity contribution in [3.8, 4) is 0 Å². The molecule has 1 N–H and O–H groups in total. The van der Waals surface area contributed by atoms with Gasteiger partial charge in [-0.3, -0.25) is 9.59 Å². The topological polar surface area (TPSA) is 73.9 Å². The van der Waals surface area contributed by atoms with E-state index >= 15 is 0 Å². The lowest BCUT2D eigenvalue weighted by Gasteiger charge is -2.41. The second-order valence-corrected chi connectivity index (χ2v) is 19.6. The summed E-state index contributed by atoms with van der Waals surface area (Å²) >= 11 is 0. The van der Waals surface area contributed by atoms with Crippen LogP contribution in [0.1, 0.15) is 234 Å². The summed E-state index contributed by atoms with van der Waals surface area (Å²) in [5.41, 5.74) is -0.761. The zero-order chi connectivity index (χ0) is 42.8. The van der Waals surface area contributed by atoms with Crippen molar-refractivity contribution in [3.05, 3.63) is 36.6 Å². The molecule has 0 bridgehead atoms. The Morgan fingerprint density at radius 1 is 0.638 bits per heavy atom. The van der Waals surface area contributed by atoms with Gasteiger partial charge in [0, 0.05) is 13.0 Å². The van der Waals surface area contributed by atoms with Crippen LogP contribution in [-0.2, 0) is 23.8 Å². The Morgan fingerprint density at radius 3 is 1.45 bits per heavy atom. The fourth-order valence-electron chi connectivity index (χ4n) is 7.91. The quantitative estimate of drug-likeness (QED) is 0.213. The number of hydrogen-bond acceptors (Lipinski definition) is 6. The maximum atomic E-state index is 13.3. The summed E-state index contributed by atoms with van der Waals surface area (Å²) in [7, 11) is 1.99. The molecule has 58 heavy (non-hydrogen) atoms. The number of carbonyl (C=O) groups is 2. The summed E-state index contributed by atoms with van der Waals surface area (Å²) in [6, 6.07) is 0. The van der Waals surface area contributed by atoms with Crippen LogP contribution in [0.2, 0.25) is 0 Å².